The summed E-state index contributed by atoms with van der Waals surface area (Å²) in [7, 11) is 0. The maximum absolute atomic E-state index is 12.6. The molecule has 1 aromatic rings. The number of alkyl halides is 3. The first kappa shape index (κ1) is 12.9. The minimum absolute atomic E-state index is 0.151. The van der Waals surface area contributed by atoms with Crippen LogP contribution in [-0.4, -0.2) is 12.1 Å². The lowest BCUT2D eigenvalue weighted by atomic mass is 9.97. The van der Waals surface area contributed by atoms with E-state index in [0.29, 0.717) is 6.07 Å². The van der Waals surface area contributed by atoms with Gasteiger partial charge in [-0.3, -0.25) is 9.59 Å². The first-order valence-corrected chi connectivity index (χ1v) is 4.42. The number of benzene rings is 1. The van der Waals surface area contributed by atoms with E-state index in [9.17, 15) is 22.8 Å². The van der Waals surface area contributed by atoms with Gasteiger partial charge >= 0.3 is 6.18 Å². The molecule has 0 saturated heterocycles. The molecule has 0 N–H and O–H groups in total. The third-order valence-electron chi connectivity index (χ3n) is 2.12. The van der Waals surface area contributed by atoms with Crippen molar-refractivity contribution in [3.05, 3.63) is 34.4 Å². The Bertz CT molecular complexity index is 527. The van der Waals surface area contributed by atoms with Gasteiger partial charge in [0.25, 0.3) is 0 Å². The summed E-state index contributed by atoms with van der Waals surface area (Å²) in [5, 5.41) is 8.65. The Labute approximate surface area is 94.5 Å². The molecule has 0 aliphatic carbocycles. The number of nitrogens with zero attached hydrogens (tertiary/aromatic N) is 1. The lowest BCUT2D eigenvalue weighted by Crippen LogP contribution is -2.13. The monoisotopic (exact) mass is 241 g/mol. The van der Waals surface area contributed by atoms with Crippen LogP contribution in [0, 0.1) is 11.3 Å². The van der Waals surface area contributed by atoms with E-state index in [2.05, 4.69) is 0 Å². The molecule has 17 heavy (non-hydrogen) atoms. The Morgan fingerprint density at radius 1 is 1.41 bits per heavy atom. The smallest absolute Gasteiger partial charge is 0.298 e. The Balaban J connectivity index is 3.65. The van der Waals surface area contributed by atoms with Gasteiger partial charge in [0.15, 0.2) is 12.1 Å². The number of Topliss-reactive ketones (excluding diaryl/α,β-unsaturated/α-hetero) is 1. The Morgan fingerprint density at radius 2 is 2.00 bits per heavy atom. The second-order valence-electron chi connectivity index (χ2n) is 3.27. The summed E-state index contributed by atoms with van der Waals surface area (Å²) in [5.41, 5.74) is -2.45. The average Bonchev–Trinajstić information content (AvgIpc) is 2.25. The van der Waals surface area contributed by atoms with Crippen molar-refractivity contribution >= 4 is 12.1 Å². The van der Waals surface area contributed by atoms with Gasteiger partial charge in [-0.2, -0.15) is 18.4 Å². The fourth-order valence-corrected chi connectivity index (χ4v) is 1.34. The topological polar surface area (TPSA) is 57.9 Å². The molecule has 0 aliphatic heterocycles. The lowest BCUT2D eigenvalue weighted by molar-refractivity contribution is -0.137. The number of aldehydes is 1. The molecule has 0 unspecified atom stereocenters. The number of ketones is 1. The number of halogens is 3. The van der Waals surface area contributed by atoms with Crippen molar-refractivity contribution in [3.63, 3.8) is 0 Å². The van der Waals surface area contributed by atoms with Gasteiger partial charge in [0.1, 0.15) is 0 Å². The highest BCUT2D eigenvalue weighted by Gasteiger charge is 2.35. The molecule has 0 fully saturated rings. The minimum Gasteiger partial charge on any atom is -0.298 e. The van der Waals surface area contributed by atoms with E-state index in [1.165, 1.54) is 0 Å². The SMILES string of the molecule is CC(=O)c1cc(C#N)c(C=O)cc1C(F)(F)F. The molecule has 88 valence electrons. The normalized spacial score (nSPS) is 10.8. The van der Waals surface area contributed by atoms with Crippen LogP contribution in [0.4, 0.5) is 13.2 Å². The number of carbonyl (C=O) groups is 2. The minimum atomic E-state index is -4.74. The summed E-state index contributed by atoms with van der Waals surface area (Å²) in [6.45, 7) is 0.965. The van der Waals surface area contributed by atoms with Gasteiger partial charge in [-0.15, -0.1) is 0 Å². The Hall–Kier alpha value is -2.16. The molecular formula is C11H6F3NO2. The van der Waals surface area contributed by atoms with E-state index in [1.54, 1.807) is 6.07 Å². The fraction of sp³-hybridized carbons (Fsp3) is 0.182. The van der Waals surface area contributed by atoms with E-state index in [0.717, 1.165) is 13.0 Å². The van der Waals surface area contributed by atoms with E-state index < -0.39 is 23.1 Å². The first-order valence-electron chi connectivity index (χ1n) is 4.42. The van der Waals surface area contributed by atoms with Crippen molar-refractivity contribution in [1.82, 2.24) is 0 Å². The lowest BCUT2D eigenvalue weighted by Gasteiger charge is -2.12. The van der Waals surface area contributed by atoms with Crippen LogP contribution >= 0.6 is 0 Å². The molecule has 0 aromatic heterocycles. The molecule has 6 heteroatoms. The number of hydrogen-bond acceptors (Lipinski definition) is 3. The van der Waals surface area contributed by atoms with E-state index in [-0.39, 0.29) is 17.4 Å². The molecule has 0 spiro atoms. The maximum Gasteiger partial charge on any atom is 0.417 e. The van der Waals surface area contributed by atoms with Crippen LogP contribution in [0.25, 0.3) is 0 Å². The molecule has 1 rings (SSSR count). The Kier molecular flexibility index (Phi) is 3.32. The van der Waals surface area contributed by atoms with Crippen molar-refractivity contribution in [1.29, 1.82) is 5.26 Å². The van der Waals surface area contributed by atoms with Crippen molar-refractivity contribution in [3.8, 4) is 6.07 Å². The van der Waals surface area contributed by atoms with Crippen molar-refractivity contribution in [2.75, 3.05) is 0 Å². The van der Waals surface area contributed by atoms with Crippen molar-refractivity contribution in [2.45, 2.75) is 13.1 Å². The number of carbonyl (C=O) groups excluding carboxylic acids is 2. The van der Waals surface area contributed by atoms with E-state index in [4.69, 9.17) is 5.26 Å². The van der Waals surface area contributed by atoms with Crippen LogP contribution in [0.5, 0.6) is 0 Å². The van der Waals surface area contributed by atoms with Gasteiger partial charge in [-0.25, -0.2) is 0 Å². The van der Waals surface area contributed by atoms with Gasteiger partial charge in [0, 0.05) is 11.1 Å². The zero-order valence-electron chi connectivity index (χ0n) is 8.63. The molecule has 0 bridgehead atoms. The predicted molar refractivity (Wildman–Crippen MR) is 51.6 cm³/mol. The highest BCUT2D eigenvalue weighted by atomic mass is 19.4. The van der Waals surface area contributed by atoms with Gasteiger partial charge in [-0.05, 0) is 19.1 Å². The van der Waals surface area contributed by atoms with E-state index in [1.807, 2.05) is 0 Å². The molecular weight excluding hydrogens is 235 g/mol. The van der Waals surface area contributed by atoms with Gasteiger partial charge in [-0.1, -0.05) is 0 Å². The van der Waals surface area contributed by atoms with Gasteiger partial charge in [0.05, 0.1) is 17.2 Å². The zero-order chi connectivity index (χ0) is 13.2. The largest absolute Gasteiger partial charge is 0.417 e. The third-order valence-corrected chi connectivity index (χ3v) is 2.12. The average molecular weight is 241 g/mol. The molecule has 3 nitrogen and oxygen atoms in total. The summed E-state index contributed by atoms with van der Waals surface area (Å²) in [5.74, 6) is -0.814. The predicted octanol–water partition coefficient (Wildman–Crippen LogP) is 2.59. The molecule has 0 radical (unpaired) electrons. The summed E-state index contributed by atoms with van der Waals surface area (Å²) >= 11 is 0. The molecule has 1 aromatic carbocycles. The van der Waals surface area contributed by atoms with Crippen LogP contribution < -0.4 is 0 Å². The number of hydrogen-bond donors (Lipinski definition) is 0. The van der Waals surface area contributed by atoms with E-state index >= 15 is 0 Å². The standard InChI is InChI=1S/C11H6F3NO2/c1-6(17)9-2-7(4-15)8(5-16)3-10(9)11(12,13)14/h2-3,5H,1H3. The van der Waals surface area contributed by atoms with Crippen LogP contribution in [0.15, 0.2) is 12.1 Å². The van der Waals surface area contributed by atoms with Crippen LogP contribution in [0.2, 0.25) is 0 Å². The van der Waals surface area contributed by atoms with Crippen LogP contribution in [0.3, 0.4) is 0 Å². The Morgan fingerprint density at radius 3 is 2.35 bits per heavy atom. The molecule has 0 amide bonds. The quantitative estimate of drug-likeness (QED) is 0.590. The number of nitriles is 1. The fourth-order valence-electron chi connectivity index (χ4n) is 1.34. The van der Waals surface area contributed by atoms with Gasteiger partial charge < -0.3 is 0 Å². The summed E-state index contributed by atoms with van der Waals surface area (Å²) in [4.78, 5) is 21.6. The molecule has 0 saturated carbocycles. The maximum atomic E-state index is 12.6. The summed E-state index contributed by atoms with van der Waals surface area (Å²) < 4.78 is 37.8. The molecule has 0 atom stereocenters. The number of rotatable bonds is 2. The summed E-state index contributed by atoms with van der Waals surface area (Å²) in [6.07, 6.45) is -4.59. The first-order chi connectivity index (χ1) is 7.81. The third kappa shape index (κ3) is 2.50. The highest BCUT2D eigenvalue weighted by molar-refractivity contribution is 5.97. The zero-order valence-corrected chi connectivity index (χ0v) is 8.63. The second kappa shape index (κ2) is 4.37. The van der Waals surface area contributed by atoms with Crippen LogP contribution in [0.1, 0.15) is 38.8 Å². The van der Waals surface area contributed by atoms with Crippen molar-refractivity contribution in [2.24, 2.45) is 0 Å². The highest BCUT2D eigenvalue weighted by Crippen LogP contribution is 2.33. The molecule has 0 aliphatic rings. The van der Waals surface area contributed by atoms with Crippen LogP contribution in [-0.2, 0) is 6.18 Å². The van der Waals surface area contributed by atoms with Gasteiger partial charge in [0.2, 0.25) is 0 Å². The summed E-state index contributed by atoms with van der Waals surface area (Å²) in [6, 6.07) is 2.87. The van der Waals surface area contributed by atoms with Crippen molar-refractivity contribution < 1.29 is 22.8 Å². The molecule has 0 heterocycles. The second-order valence-corrected chi connectivity index (χ2v) is 3.27.